The van der Waals surface area contributed by atoms with Crippen molar-refractivity contribution < 1.29 is 0 Å². The molecule has 3 aromatic rings. The van der Waals surface area contributed by atoms with Crippen molar-refractivity contribution in [2.75, 3.05) is 0 Å². The minimum absolute atomic E-state index is 0.777. The molecule has 0 bridgehead atoms. The predicted octanol–water partition coefficient (Wildman–Crippen LogP) is 3.28. The van der Waals surface area contributed by atoms with Crippen LogP contribution in [0.4, 0.5) is 0 Å². The van der Waals surface area contributed by atoms with Crippen molar-refractivity contribution in [3.05, 3.63) is 78.1 Å². The van der Waals surface area contributed by atoms with Crippen molar-refractivity contribution in [2.24, 2.45) is 0 Å². The number of aromatic nitrogens is 4. The second-order valence-electron chi connectivity index (χ2n) is 4.87. The zero-order valence-electron chi connectivity index (χ0n) is 11.8. The monoisotopic (exact) mass is 276 g/mol. The van der Waals surface area contributed by atoms with E-state index in [0.717, 1.165) is 23.4 Å². The molecule has 0 atom stereocenters. The van der Waals surface area contributed by atoms with E-state index in [9.17, 15) is 0 Å². The number of benzene rings is 1. The van der Waals surface area contributed by atoms with E-state index in [4.69, 9.17) is 0 Å². The Labute approximate surface area is 123 Å². The van der Waals surface area contributed by atoms with Gasteiger partial charge in [-0.3, -0.25) is 14.6 Å². The first-order valence-corrected chi connectivity index (χ1v) is 6.82. The van der Waals surface area contributed by atoms with Gasteiger partial charge in [-0.15, -0.1) is 0 Å². The van der Waals surface area contributed by atoms with E-state index in [1.807, 2.05) is 42.2 Å². The van der Waals surface area contributed by atoms with E-state index in [1.165, 1.54) is 5.56 Å². The van der Waals surface area contributed by atoms with E-state index < -0.39 is 0 Å². The second-order valence-corrected chi connectivity index (χ2v) is 4.87. The van der Waals surface area contributed by atoms with Crippen molar-refractivity contribution in [2.45, 2.75) is 13.5 Å². The maximum absolute atomic E-state index is 4.39. The lowest BCUT2D eigenvalue weighted by molar-refractivity contribution is 0.687. The van der Waals surface area contributed by atoms with Crippen molar-refractivity contribution in [3.8, 4) is 0 Å². The quantitative estimate of drug-likeness (QED) is 0.734. The van der Waals surface area contributed by atoms with Gasteiger partial charge in [0.25, 0.3) is 0 Å². The van der Waals surface area contributed by atoms with E-state index in [1.54, 1.807) is 18.6 Å². The Balaban J connectivity index is 1.76. The molecule has 0 fully saturated rings. The third-order valence-electron chi connectivity index (χ3n) is 3.19. The maximum Gasteiger partial charge on any atom is 0.0842 e. The molecule has 0 radical (unpaired) electrons. The molecule has 3 rings (SSSR count). The minimum Gasteiger partial charge on any atom is -0.268 e. The van der Waals surface area contributed by atoms with Crippen LogP contribution in [-0.2, 0) is 6.54 Å². The van der Waals surface area contributed by atoms with Gasteiger partial charge in [0.1, 0.15) is 0 Å². The summed E-state index contributed by atoms with van der Waals surface area (Å²) in [4.78, 5) is 8.38. The van der Waals surface area contributed by atoms with Gasteiger partial charge in [0.15, 0.2) is 0 Å². The summed E-state index contributed by atoms with van der Waals surface area (Å²) >= 11 is 0. The van der Waals surface area contributed by atoms with E-state index in [-0.39, 0.29) is 0 Å². The van der Waals surface area contributed by atoms with Gasteiger partial charge in [-0.1, -0.05) is 30.3 Å². The molecule has 0 aliphatic carbocycles. The van der Waals surface area contributed by atoms with Crippen LogP contribution in [0.15, 0.2) is 61.3 Å². The molecule has 21 heavy (non-hydrogen) atoms. The minimum atomic E-state index is 0.777. The molecule has 0 N–H and O–H groups in total. The Morgan fingerprint density at radius 3 is 2.76 bits per heavy atom. The number of hydrogen-bond donors (Lipinski definition) is 0. The van der Waals surface area contributed by atoms with Crippen molar-refractivity contribution in [3.63, 3.8) is 0 Å². The summed E-state index contributed by atoms with van der Waals surface area (Å²) in [6.07, 6.45) is 11.1. The van der Waals surface area contributed by atoms with Crippen LogP contribution in [0.25, 0.3) is 11.6 Å². The summed E-state index contributed by atoms with van der Waals surface area (Å²) < 4.78 is 1.94. The molecule has 0 aliphatic heterocycles. The van der Waals surface area contributed by atoms with Crippen LogP contribution in [0, 0.1) is 0 Å². The highest BCUT2D eigenvalue weighted by Crippen LogP contribution is 2.14. The van der Waals surface area contributed by atoms with Crippen LogP contribution < -0.4 is 0 Å². The zero-order valence-corrected chi connectivity index (χ0v) is 11.8. The van der Waals surface area contributed by atoms with Gasteiger partial charge in [0.2, 0.25) is 0 Å². The number of hydrogen-bond acceptors (Lipinski definition) is 3. The fraction of sp³-hybridized carbons (Fsp3) is 0.118. The highest BCUT2D eigenvalue weighted by atomic mass is 15.3. The number of rotatable bonds is 4. The average molecular weight is 276 g/mol. The normalized spacial score (nSPS) is 11.6. The highest BCUT2D eigenvalue weighted by Gasteiger charge is 2.00. The first kappa shape index (κ1) is 13.2. The molecule has 2 heterocycles. The van der Waals surface area contributed by atoms with Gasteiger partial charge in [-0.25, -0.2) is 0 Å². The molecule has 2 aromatic heterocycles. The summed E-state index contributed by atoms with van der Waals surface area (Å²) in [6.45, 7) is 2.80. The molecule has 0 aliphatic rings. The largest absolute Gasteiger partial charge is 0.268 e. The van der Waals surface area contributed by atoms with E-state index >= 15 is 0 Å². The van der Waals surface area contributed by atoms with Crippen LogP contribution in [0.3, 0.4) is 0 Å². The molecule has 0 saturated carbocycles. The average Bonchev–Trinajstić information content (AvgIpc) is 2.96. The molecule has 1 aromatic carbocycles. The van der Waals surface area contributed by atoms with Crippen LogP contribution >= 0.6 is 0 Å². The lowest BCUT2D eigenvalue weighted by Crippen LogP contribution is -1.99. The summed E-state index contributed by atoms with van der Waals surface area (Å²) in [5.74, 6) is 0. The summed E-state index contributed by atoms with van der Waals surface area (Å²) in [5.41, 5.74) is 4.26. The first-order chi connectivity index (χ1) is 10.3. The molecular formula is C17H16N4. The van der Waals surface area contributed by atoms with Gasteiger partial charge in [0, 0.05) is 24.2 Å². The van der Waals surface area contributed by atoms with E-state index in [2.05, 4.69) is 33.3 Å². The Hall–Kier alpha value is -2.75. The summed E-state index contributed by atoms with van der Waals surface area (Å²) in [7, 11) is 0. The van der Waals surface area contributed by atoms with Crippen LogP contribution in [-0.4, -0.2) is 19.7 Å². The Morgan fingerprint density at radius 1 is 1.14 bits per heavy atom. The van der Waals surface area contributed by atoms with Crippen molar-refractivity contribution in [1.82, 2.24) is 19.7 Å². The smallest absolute Gasteiger partial charge is 0.0842 e. The molecule has 0 spiro atoms. The third-order valence-corrected chi connectivity index (χ3v) is 3.19. The van der Waals surface area contributed by atoms with Crippen LogP contribution in [0.1, 0.15) is 23.7 Å². The fourth-order valence-electron chi connectivity index (χ4n) is 2.14. The molecule has 0 amide bonds. The van der Waals surface area contributed by atoms with Gasteiger partial charge >= 0.3 is 0 Å². The molecular weight excluding hydrogens is 260 g/mol. The molecule has 104 valence electrons. The molecule has 0 saturated heterocycles. The summed E-state index contributed by atoms with van der Waals surface area (Å²) in [5, 5.41) is 4.39. The topological polar surface area (TPSA) is 43.6 Å². The summed E-state index contributed by atoms with van der Waals surface area (Å²) in [6, 6.07) is 10.3. The van der Waals surface area contributed by atoms with Gasteiger partial charge in [-0.2, -0.15) is 5.10 Å². The highest BCUT2D eigenvalue weighted by molar-refractivity contribution is 5.77. The SMILES string of the molecule is CC(=Cc1cnn(Cc2ccccc2)c1)c1cnccn1. The first-order valence-electron chi connectivity index (χ1n) is 6.82. The van der Waals surface area contributed by atoms with Crippen molar-refractivity contribution in [1.29, 1.82) is 0 Å². The predicted molar refractivity (Wildman–Crippen MR) is 83.3 cm³/mol. The van der Waals surface area contributed by atoms with Gasteiger partial charge in [-0.05, 0) is 24.1 Å². The third kappa shape index (κ3) is 3.42. The van der Waals surface area contributed by atoms with Crippen molar-refractivity contribution >= 4 is 11.6 Å². The number of allylic oxidation sites excluding steroid dienone is 1. The van der Waals surface area contributed by atoms with E-state index in [0.29, 0.717) is 0 Å². The lowest BCUT2D eigenvalue weighted by atomic mass is 10.1. The maximum atomic E-state index is 4.39. The Bertz CT molecular complexity index is 730. The van der Waals surface area contributed by atoms with Crippen LogP contribution in [0.2, 0.25) is 0 Å². The van der Waals surface area contributed by atoms with Gasteiger partial charge < -0.3 is 0 Å². The second kappa shape index (κ2) is 6.13. The number of nitrogens with zero attached hydrogens (tertiary/aromatic N) is 4. The molecule has 4 heteroatoms. The molecule has 0 unspecified atom stereocenters. The standard InChI is InChI=1S/C17H16N4/c1-14(17-11-18-7-8-19-17)9-16-10-20-21(13-16)12-15-5-3-2-4-6-15/h2-11,13H,12H2,1H3. The molecule has 4 nitrogen and oxygen atoms in total. The van der Waals surface area contributed by atoms with Crippen LogP contribution in [0.5, 0.6) is 0 Å². The fourth-order valence-corrected chi connectivity index (χ4v) is 2.14. The van der Waals surface area contributed by atoms with Gasteiger partial charge in [0.05, 0.1) is 24.6 Å². The Morgan fingerprint density at radius 2 is 2.00 bits per heavy atom. The zero-order chi connectivity index (χ0) is 14.5. The Kier molecular flexibility index (Phi) is 3.87. The lowest BCUT2D eigenvalue weighted by Gasteiger charge is -2.00.